The molecule has 1 unspecified atom stereocenters. The number of nitrogens with two attached hydrogens (primary N) is 1. The minimum absolute atomic E-state index is 0. The number of benzene rings is 1. The minimum atomic E-state index is -3.75. The van der Waals surface area contributed by atoms with Crippen molar-refractivity contribution in [1.29, 1.82) is 0 Å². The largest absolute Gasteiger partial charge is 0.328 e. The molecular weight excluding hydrogens is 365 g/mol. The Labute approximate surface area is 146 Å². The molecule has 0 spiro atoms. The monoisotopic (exact) mass is 383 g/mol. The fourth-order valence-corrected chi connectivity index (χ4v) is 4.58. The van der Waals surface area contributed by atoms with E-state index in [1.165, 1.54) is 10.4 Å². The van der Waals surface area contributed by atoms with E-state index in [-0.39, 0.29) is 34.1 Å². The molecule has 0 radical (unpaired) electrons. The highest BCUT2D eigenvalue weighted by Gasteiger charge is 2.32. The molecule has 10 heteroatoms. The highest BCUT2D eigenvalue weighted by Crippen LogP contribution is 2.31. The average molecular weight is 384 g/mol. The van der Waals surface area contributed by atoms with Crippen LogP contribution in [-0.4, -0.2) is 36.8 Å². The van der Waals surface area contributed by atoms with E-state index in [9.17, 15) is 18.5 Å². The van der Waals surface area contributed by atoms with Crippen molar-refractivity contribution in [2.45, 2.75) is 30.7 Å². The minimum Gasteiger partial charge on any atom is -0.328 e. The maximum Gasteiger partial charge on any atom is 0.271 e. The van der Waals surface area contributed by atoms with Gasteiger partial charge in [0.05, 0.1) is 9.95 Å². The van der Waals surface area contributed by atoms with Crippen LogP contribution in [0.1, 0.15) is 19.8 Å². The summed E-state index contributed by atoms with van der Waals surface area (Å²) in [5.74, 6) is 0.304. The molecule has 0 amide bonds. The van der Waals surface area contributed by atoms with Crippen LogP contribution in [-0.2, 0) is 10.0 Å². The molecular formula is C13H19Cl2N3O4S. The van der Waals surface area contributed by atoms with Crippen molar-refractivity contribution in [1.82, 2.24) is 4.31 Å². The van der Waals surface area contributed by atoms with Gasteiger partial charge in [-0.2, -0.15) is 4.31 Å². The average Bonchev–Trinajstić information content (AvgIpc) is 2.46. The lowest BCUT2D eigenvalue weighted by Crippen LogP contribution is -2.42. The molecule has 1 atom stereocenters. The Morgan fingerprint density at radius 2 is 1.96 bits per heavy atom. The standard InChI is InChI=1S/C13H18ClN3O4S.ClH/c1-9(15)10-4-6-16(7-5-10)22(20,21)13-3-2-11(17(18)19)8-12(13)14;/h2-3,8-10H,4-7,15H2,1H3;1H. The molecule has 0 aliphatic carbocycles. The Bertz CT molecular complexity index is 674. The molecule has 1 aromatic carbocycles. The van der Waals surface area contributed by atoms with Gasteiger partial charge in [-0.25, -0.2) is 8.42 Å². The summed E-state index contributed by atoms with van der Waals surface area (Å²) in [4.78, 5) is 9.98. The summed E-state index contributed by atoms with van der Waals surface area (Å²) >= 11 is 5.93. The van der Waals surface area contributed by atoms with Crippen LogP contribution in [0, 0.1) is 16.0 Å². The summed E-state index contributed by atoms with van der Waals surface area (Å²) in [6.07, 6.45) is 1.39. The van der Waals surface area contributed by atoms with Crippen molar-refractivity contribution in [2.75, 3.05) is 13.1 Å². The second-order valence-electron chi connectivity index (χ2n) is 5.47. The number of nitrogens with zero attached hydrogens (tertiary/aromatic N) is 2. The molecule has 23 heavy (non-hydrogen) atoms. The van der Waals surface area contributed by atoms with Crippen molar-refractivity contribution in [3.05, 3.63) is 33.3 Å². The van der Waals surface area contributed by atoms with E-state index in [4.69, 9.17) is 17.3 Å². The van der Waals surface area contributed by atoms with Crippen molar-refractivity contribution in [3.8, 4) is 0 Å². The van der Waals surface area contributed by atoms with Gasteiger partial charge in [0.1, 0.15) is 4.90 Å². The number of nitro groups is 1. The van der Waals surface area contributed by atoms with Gasteiger partial charge in [-0.3, -0.25) is 10.1 Å². The number of rotatable bonds is 4. The fraction of sp³-hybridized carbons (Fsp3) is 0.538. The third-order valence-corrected chi connectivity index (χ3v) is 6.37. The van der Waals surface area contributed by atoms with Crippen LogP contribution in [0.4, 0.5) is 5.69 Å². The summed E-state index contributed by atoms with van der Waals surface area (Å²) in [5, 5.41) is 10.6. The van der Waals surface area contributed by atoms with Crippen LogP contribution in [0.25, 0.3) is 0 Å². The first-order valence-corrected chi connectivity index (χ1v) is 8.75. The molecule has 1 saturated heterocycles. The summed E-state index contributed by atoms with van der Waals surface area (Å²) in [5.41, 5.74) is 5.61. The van der Waals surface area contributed by atoms with Crippen LogP contribution >= 0.6 is 24.0 Å². The number of hydrogen-bond acceptors (Lipinski definition) is 5. The first-order valence-electron chi connectivity index (χ1n) is 6.93. The van der Waals surface area contributed by atoms with Gasteiger partial charge >= 0.3 is 0 Å². The third kappa shape index (κ3) is 4.33. The second kappa shape index (κ2) is 7.76. The highest BCUT2D eigenvalue weighted by atomic mass is 35.5. The summed E-state index contributed by atoms with van der Waals surface area (Å²) < 4.78 is 26.6. The third-order valence-electron chi connectivity index (χ3n) is 3.99. The first kappa shape index (κ1) is 20.1. The lowest BCUT2D eigenvalue weighted by Gasteiger charge is -2.33. The summed E-state index contributed by atoms with van der Waals surface area (Å²) in [6, 6.07) is 3.43. The van der Waals surface area contributed by atoms with E-state index >= 15 is 0 Å². The Hall–Kier alpha value is -0.930. The number of halogens is 2. The quantitative estimate of drug-likeness (QED) is 0.634. The van der Waals surface area contributed by atoms with Crippen LogP contribution in [0.5, 0.6) is 0 Å². The number of hydrogen-bond donors (Lipinski definition) is 1. The van der Waals surface area contributed by atoms with Gasteiger partial charge in [-0.05, 0) is 31.7 Å². The molecule has 0 bridgehead atoms. The maximum atomic E-state index is 12.6. The number of non-ortho nitro benzene ring substituents is 1. The zero-order chi connectivity index (χ0) is 16.5. The maximum absolute atomic E-state index is 12.6. The Morgan fingerprint density at radius 3 is 2.39 bits per heavy atom. The summed E-state index contributed by atoms with van der Waals surface area (Å²) in [6.45, 7) is 2.67. The lowest BCUT2D eigenvalue weighted by atomic mass is 9.92. The molecule has 7 nitrogen and oxygen atoms in total. The number of sulfonamides is 1. The summed E-state index contributed by atoms with van der Waals surface area (Å²) in [7, 11) is -3.75. The smallest absolute Gasteiger partial charge is 0.271 e. The molecule has 130 valence electrons. The Balaban J connectivity index is 0.00000264. The van der Waals surface area contributed by atoms with E-state index in [2.05, 4.69) is 0 Å². The Kier molecular flexibility index (Phi) is 6.79. The Morgan fingerprint density at radius 1 is 1.39 bits per heavy atom. The number of piperidine rings is 1. The van der Waals surface area contributed by atoms with Crippen molar-refractivity contribution in [2.24, 2.45) is 11.7 Å². The normalized spacial score (nSPS) is 18.2. The SMILES string of the molecule is CC(N)C1CCN(S(=O)(=O)c2ccc([N+](=O)[O-])cc2Cl)CC1.Cl. The van der Waals surface area contributed by atoms with Crippen molar-refractivity contribution in [3.63, 3.8) is 0 Å². The zero-order valence-electron chi connectivity index (χ0n) is 12.5. The van der Waals surface area contributed by atoms with Crippen molar-refractivity contribution < 1.29 is 13.3 Å². The molecule has 2 rings (SSSR count). The molecule has 1 aliphatic rings. The van der Waals surface area contributed by atoms with Crippen molar-refractivity contribution >= 4 is 39.7 Å². The molecule has 0 aromatic heterocycles. The predicted molar refractivity (Wildman–Crippen MR) is 90.5 cm³/mol. The van der Waals surface area contributed by atoms with E-state index < -0.39 is 14.9 Å². The van der Waals surface area contributed by atoms with Gasteiger partial charge < -0.3 is 5.73 Å². The van der Waals surface area contributed by atoms with Gasteiger partial charge in [-0.1, -0.05) is 11.6 Å². The number of nitro benzene ring substituents is 1. The van der Waals surface area contributed by atoms with Gasteiger partial charge in [0.15, 0.2) is 0 Å². The van der Waals surface area contributed by atoms with Crippen LogP contribution in [0.3, 0.4) is 0 Å². The van der Waals surface area contributed by atoms with E-state index in [1.54, 1.807) is 0 Å². The molecule has 1 aromatic rings. The van der Waals surface area contributed by atoms with E-state index in [0.29, 0.717) is 31.8 Å². The van der Waals surface area contributed by atoms with Crippen LogP contribution in [0.2, 0.25) is 5.02 Å². The molecule has 0 saturated carbocycles. The molecule has 1 heterocycles. The van der Waals surface area contributed by atoms with Gasteiger partial charge in [0.25, 0.3) is 5.69 Å². The van der Waals surface area contributed by atoms with Crippen LogP contribution < -0.4 is 5.73 Å². The lowest BCUT2D eigenvalue weighted by molar-refractivity contribution is -0.384. The van der Waals surface area contributed by atoms with E-state index in [1.807, 2.05) is 6.92 Å². The highest BCUT2D eigenvalue weighted by molar-refractivity contribution is 7.89. The predicted octanol–water partition coefficient (Wildman–Crippen LogP) is 2.42. The molecule has 1 fully saturated rings. The molecule has 2 N–H and O–H groups in total. The zero-order valence-corrected chi connectivity index (χ0v) is 14.9. The second-order valence-corrected chi connectivity index (χ2v) is 7.79. The van der Waals surface area contributed by atoms with Gasteiger partial charge in [-0.15, -0.1) is 12.4 Å². The van der Waals surface area contributed by atoms with E-state index in [0.717, 1.165) is 12.1 Å². The van der Waals surface area contributed by atoms with Gasteiger partial charge in [0.2, 0.25) is 10.0 Å². The fourth-order valence-electron chi connectivity index (χ4n) is 2.59. The van der Waals surface area contributed by atoms with Gasteiger partial charge in [0, 0.05) is 31.3 Å². The first-order chi connectivity index (χ1) is 10.2. The van der Waals surface area contributed by atoms with Crippen LogP contribution in [0.15, 0.2) is 23.1 Å². The topological polar surface area (TPSA) is 107 Å². The molecule has 1 aliphatic heterocycles.